The van der Waals surface area contributed by atoms with Crippen molar-refractivity contribution >= 4 is 28.2 Å². The van der Waals surface area contributed by atoms with E-state index in [9.17, 15) is 0 Å². The molecule has 0 atom stereocenters. The van der Waals surface area contributed by atoms with Crippen molar-refractivity contribution in [2.24, 2.45) is 0 Å². The van der Waals surface area contributed by atoms with Gasteiger partial charge >= 0.3 is 0 Å². The van der Waals surface area contributed by atoms with Crippen LogP contribution in [0.15, 0.2) is 60.8 Å². The zero-order chi connectivity index (χ0) is 13.8. The van der Waals surface area contributed by atoms with Gasteiger partial charge < -0.3 is 5.32 Å². The topological polar surface area (TPSA) is 24.9 Å². The molecule has 0 fully saturated rings. The Morgan fingerprint density at radius 2 is 1.90 bits per heavy atom. The third-order valence-electron chi connectivity index (χ3n) is 3.31. The van der Waals surface area contributed by atoms with Crippen LogP contribution in [0, 0.1) is 0 Å². The van der Waals surface area contributed by atoms with Gasteiger partial charge in [-0.2, -0.15) is 0 Å². The molecule has 0 unspecified atom stereocenters. The zero-order valence-electron chi connectivity index (χ0n) is 11.0. The van der Waals surface area contributed by atoms with E-state index in [4.69, 9.17) is 11.6 Å². The molecule has 0 aliphatic rings. The van der Waals surface area contributed by atoms with Gasteiger partial charge in [-0.25, -0.2) is 0 Å². The molecular formula is C17H15ClN2. The number of nitrogens with one attached hydrogen (secondary N) is 1. The van der Waals surface area contributed by atoms with Crippen molar-refractivity contribution in [2.75, 3.05) is 5.32 Å². The van der Waals surface area contributed by atoms with E-state index in [0.29, 0.717) is 5.88 Å². The number of anilines is 1. The predicted octanol–water partition coefficient (Wildman–Crippen LogP) is 4.59. The first kappa shape index (κ1) is 12.9. The molecule has 20 heavy (non-hydrogen) atoms. The standard InChI is InChI=1S/C17H15ClN2/c18-11-15-4-1-2-6-16(15)20-12-13-7-8-17-14(10-13)5-3-9-19-17/h1-10,20H,11-12H2. The lowest BCUT2D eigenvalue weighted by molar-refractivity contribution is 1.14. The number of fused-ring (bicyclic) bond motifs is 1. The zero-order valence-corrected chi connectivity index (χ0v) is 11.8. The van der Waals surface area contributed by atoms with Crippen molar-refractivity contribution in [1.29, 1.82) is 0 Å². The highest BCUT2D eigenvalue weighted by Gasteiger charge is 2.01. The second-order valence-electron chi connectivity index (χ2n) is 4.67. The Hall–Kier alpha value is -2.06. The van der Waals surface area contributed by atoms with Gasteiger partial charge in [0.1, 0.15) is 0 Å². The van der Waals surface area contributed by atoms with Gasteiger partial charge in [0.15, 0.2) is 0 Å². The van der Waals surface area contributed by atoms with E-state index in [-0.39, 0.29) is 0 Å². The molecule has 0 amide bonds. The SMILES string of the molecule is ClCc1ccccc1NCc1ccc2ncccc2c1. The number of aromatic nitrogens is 1. The highest BCUT2D eigenvalue weighted by Crippen LogP contribution is 2.19. The molecule has 0 saturated carbocycles. The van der Waals surface area contributed by atoms with Crippen LogP contribution < -0.4 is 5.32 Å². The average Bonchev–Trinajstić information content (AvgIpc) is 2.53. The summed E-state index contributed by atoms with van der Waals surface area (Å²) in [7, 11) is 0. The number of para-hydroxylation sites is 1. The lowest BCUT2D eigenvalue weighted by atomic mass is 10.1. The smallest absolute Gasteiger partial charge is 0.0702 e. The van der Waals surface area contributed by atoms with Crippen LogP contribution in [0.25, 0.3) is 10.9 Å². The van der Waals surface area contributed by atoms with Crippen LogP contribution in [0.2, 0.25) is 0 Å². The predicted molar refractivity (Wildman–Crippen MR) is 85.1 cm³/mol. The lowest BCUT2D eigenvalue weighted by Gasteiger charge is -2.10. The van der Waals surface area contributed by atoms with E-state index < -0.39 is 0 Å². The number of rotatable bonds is 4. The number of nitrogens with zero attached hydrogens (tertiary/aromatic N) is 1. The van der Waals surface area contributed by atoms with Crippen molar-refractivity contribution in [3.05, 3.63) is 71.9 Å². The van der Waals surface area contributed by atoms with Crippen LogP contribution in [-0.4, -0.2) is 4.98 Å². The van der Waals surface area contributed by atoms with Gasteiger partial charge in [0, 0.05) is 29.7 Å². The molecule has 2 aromatic carbocycles. The molecule has 1 N–H and O–H groups in total. The molecule has 0 aliphatic carbocycles. The molecule has 100 valence electrons. The quantitative estimate of drug-likeness (QED) is 0.708. The highest BCUT2D eigenvalue weighted by atomic mass is 35.5. The third-order valence-corrected chi connectivity index (χ3v) is 3.60. The second kappa shape index (κ2) is 5.93. The van der Waals surface area contributed by atoms with Crippen LogP contribution >= 0.6 is 11.6 Å². The normalized spacial score (nSPS) is 10.7. The second-order valence-corrected chi connectivity index (χ2v) is 4.94. The summed E-state index contributed by atoms with van der Waals surface area (Å²) < 4.78 is 0. The van der Waals surface area contributed by atoms with Crippen LogP contribution in [0.4, 0.5) is 5.69 Å². The highest BCUT2D eigenvalue weighted by molar-refractivity contribution is 6.17. The maximum absolute atomic E-state index is 5.94. The summed E-state index contributed by atoms with van der Waals surface area (Å²) in [6.45, 7) is 0.777. The molecule has 2 nitrogen and oxygen atoms in total. The molecule has 1 heterocycles. The van der Waals surface area contributed by atoms with E-state index in [0.717, 1.165) is 28.7 Å². The third kappa shape index (κ3) is 2.75. The molecular weight excluding hydrogens is 268 g/mol. The van der Waals surface area contributed by atoms with Crippen LogP contribution in [-0.2, 0) is 12.4 Å². The summed E-state index contributed by atoms with van der Waals surface area (Å²) in [5.41, 5.74) is 4.47. The van der Waals surface area contributed by atoms with E-state index in [1.165, 1.54) is 5.56 Å². The monoisotopic (exact) mass is 282 g/mol. The molecule has 0 saturated heterocycles. The molecule has 0 spiro atoms. The molecule has 3 rings (SSSR count). The Kier molecular flexibility index (Phi) is 3.84. The van der Waals surface area contributed by atoms with Gasteiger partial charge in [-0.15, -0.1) is 11.6 Å². The Morgan fingerprint density at radius 3 is 2.80 bits per heavy atom. The van der Waals surface area contributed by atoms with Crippen molar-refractivity contribution in [1.82, 2.24) is 4.98 Å². The number of benzene rings is 2. The Balaban J connectivity index is 1.79. The van der Waals surface area contributed by atoms with Gasteiger partial charge in [0.25, 0.3) is 0 Å². The van der Waals surface area contributed by atoms with Gasteiger partial charge in [-0.1, -0.05) is 30.3 Å². The number of alkyl halides is 1. The van der Waals surface area contributed by atoms with E-state index in [2.05, 4.69) is 40.6 Å². The Morgan fingerprint density at radius 1 is 1.00 bits per heavy atom. The fourth-order valence-electron chi connectivity index (χ4n) is 2.24. The van der Waals surface area contributed by atoms with Gasteiger partial charge in [-0.05, 0) is 35.4 Å². The van der Waals surface area contributed by atoms with E-state index in [1.54, 1.807) is 0 Å². The minimum atomic E-state index is 0.519. The minimum Gasteiger partial charge on any atom is -0.381 e. The number of halogens is 1. The van der Waals surface area contributed by atoms with Crippen molar-refractivity contribution in [3.63, 3.8) is 0 Å². The fourth-order valence-corrected chi connectivity index (χ4v) is 2.47. The lowest BCUT2D eigenvalue weighted by Crippen LogP contribution is -2.01. The summed E-state index contributed by atoms with van der Waals surface area (Å²) in [5.74, 6) is 0.519. The summed E-state index contributed by atoms with van der Waals surface area (Å²) >= 11 is 5.94. The Bertz CT molecular complexity index is 725. The minimum absolute atomic E-state index is 0.519. The first-order chi connectivity index (χ1) is 9.86. The van der Waals surface area contributed by atoms with Crippen molar-refractivity contribution in [3.8, 4) is 0 Å². The maximum Gasteiger partial charge on any atom is 0.0702 e. The molecule has 0 aliphatic heterocycles. The summed E-state index contributed by atoms with van der Waals surface area (Å²) in [4.78, 5) is 4.33. The van der Waals surface area contributed by atoms with Crippen LogP contribution in [0.3, 0.4) is 0 Å². The molecule has 3 aromatic rings. The van der Waals surface area contributed by atoms with E-state index >= 15 is 0 Å². The van der Waals surface area contributed by atoms with E-state index in [1.807, 2.05) is 30.5 Å². The van der Waals surface area contributed by atoms with Crippen LogP contribution in [0.1, 0.15) is 11.1 Å². The molecule has 0 bridgehead atoms. The van der Waals surface area contributed by atoms with Gasteiger partial charge in [-0.3, -0.25) is 4.98 Å². The van der Waals surface area contributed by atoms with Gasteiger partial charge in [0.2, 0.25) is 0 Å². The number of hydrogen-bond acceptors (Lipinski definition) is 2. The van der Waals surface area contributed by atoms with Crippen LogP contribution in [0.5, 0.6) is 0 Å². The summed E-state index contributed by atoms with van der Waals surface area (Å²) in [6.07, 6.45) is 1.82. The Labute approximate surface area is 123 Å². The number of hydrogen-bond donors (Lipinski definition) is 1. The first-order valence-corrected chi connectivity index (χ1v) is 7.11. The molecule has 1 aromatic heterocycles. The largest absolute Gasteiger partial charge is 0.381 e. The maximum atomic E-state index is 5.94. The summed E-state index contributed by atoms with van der Waals surface area (Å²) in [5, 5.41) is 4.60. The van der Waals surface area contributed by atoms with Gasteiger partial charge in [0.05, 0.1) is 5.52 Å². The fraction of sp³-hybridized carbons (Fsp3) is 0.118. The molecule has 3 heteroatoms. The van der Waals surface area contributed by atoms with Crippen molar-refractivity contribution in [2.45, 2.75) is 12.4 Å². The average molecular weight is 283 g/mol. The summed E-state index contributed by atoms with van der Waals surface area (Å²) in [6, 6.07) is 18.5. The number of pyridine rings is 1. The first-order valence-electron chi connectivity index (χ1n) is 6.58. The van der Waals surface area contributed by atoms with Crippen molar-refractivity contribution < 1.29 is 0 Å². The molecule has 0 radical (unpaired) electrons.